The highest BCUT2D eigenvalue weighted by Gasteiger charge is 2.33. The molecule has 1 saturated heterocycles. The highest BCUT2D eigenvalue weighted by molar-refractivity contribution is 7.91. The van der Waals surface area contributed by atoms with Gasteiger partial charge in [-0.2, -0.15) is 0 Å². The fraction of sp³-hybridized carbons (Fsp3) is 0.636. The number of carboxylic acid groups (broad SMARTS) is 1. The van der Waals surface area contributed by atoms with E-state index in [0.717, 1.165) is 5.82 Å². The van der Waals surface area contributed by atoms with Crippen LogP contribution in [0, 0.1) is 0 Å². The molecular formula is C11H17N3O4S. The van der Waals surface area contributed by atoms with Crippen molar-refractivity contribution in [2.24, 2.45) is 7.05 Å². The van der Waals surface area contributed by atoms with Crippen LogP contribution in [0.25, 0.3) is 0 Å². The van der Waals surface area contributed by atoms with Gasteiger partial charge in [0.05, 0.1) is 24.6 Å². The summed E-state index contributed by atoms with van der Waals surface area (Å²) in [4.78, 5) is 16.7. The fourth-order valence-corrected chi connectivity index (χ4v) is 4.04. The van der Waals surface area contributed by atoms with Gasteiger partial charge < -0.3 is 9.67 Å². The van der Waals surface area contributed by atoms with Crippen molar-refractivity contribution in [3.05, 3.63) is 18.2 Å². The highest BCUT2D eigenvalue weighted by atomic mass is 32.2. The van der Waals surface area contributed by atoms with E-state index in [2.05, 4.69) is 4.98 Å². The first-order valence-electron chi connectivity index (χ1n) is 6.00. The minimum absolute atomic E-state index is 0.0324. The van der Waals surface area contributed by atoms with Crippen molar-refractivity contribution in [1.82, 2.24) is 14.5 Å². The summed E-state index contributed by atoms with van der Waals surface area (Å²) in [5.41, 5.74) is 0. The van der Waals surface area contributed by atoms with E-state index in [0.29, 0.717) is 13.0 Å². The van der Waals surface area contributed by atoms with Crippen LogP contribution in [0.15, 0.2) is 12.4 Å². The number of aryl methyl sites for hydroxylation is 1. The molecular weight excluding hydrogens is 270 g/mol. The van der Waals surface area contributed by atoms with E-state index in [-0.39, 0.29) is 24.1 Å². The van der Waals surface area contributed by atoms with E-state index < -0.39 is 15.8 Å². The van der Waals surface area contributed by atoms with Gasteiger partial charge >= 0.3 is 5.97 Å². The zero-order valence-corrected chi connectivity index (χ0v) is 11.5. The van der Waals surface area contributed by atoms with Crippen LogP contribution in [0.1, 0.15) is 12.2 Å². The molecule has 19 heavy (non-hydrogen) atoms. The number of hydrogen-bond donors (Lipinski definition) is 1. The van der Waals surface area contributed by atoms with Crippen molar-refractivity contribution in [3.8, 4) is 0 Å². The van der Waals surface area contributed by atoms with E-state index in [1.54, 1.807) is 21.9 Å². The molecule has 0 amide bonds. The number of aliphatic carboxylic acids is 1. The van der Waals surface area contributed by atoms with E-state index >= 15 is 0 Å². The lowest BCUT2D eigenvalue weighted by Crippen LogP contribution is -2.40. The van der Waals surface area contributed by atoms with Gasteiger partial charge in [0, 0.05) is 25.5 Å². The molecule has 1 aliphatic rings. The summed E-state index contributed by atoms with van der Waals surface area (Å²) >= 11 is 0. The molecule has 7 nitrogen and oxygen atoms in total. The maximum absolute atomic E-state index is 11.5. The standard InChI is InChI=1S/C11H17N3O4S/c1-13-4-3-12-10(13)6-14(7-11(15)16)9-2-5-19(17,18)8-9/h3-4,9H,2,5-8H2,1H3,(H,15,16). The van der Waals surface area contributed by atoms with Crippen LogP contribution in [0.5, 0.6) is 0 Å². The van der Waals surface area contributed by atoms with E-state index in [9.17, 15) is 13.2 Å². The number of imidazole rings is 1. The summed E-state index contributed by atoms with van der Waals surface area (Å²) in [6, 6.07) is -0.238. The molecule has 1 fully saturated rings. The van der Waals surface area contributed by atoms with Crippen LogP contribution in [0.4, 0.5) is 0 Å². The molecule has 1 atom stereocenters. The number of sulfone groups is 1. The Morgan fingerprint density at radius 2 is 2.37 bits per heavy atom. The Morgan fingerprint density at radius 3 is 2.84 bits per heavy atom. The SMILES string of the molecule is Cn1ccnc1CN(CC(=O)O)C1CCS(=O)(=O)C1. The topological polar surface area (TPSA) is 92.5 Å². The molecule has 0 radical (unpaired) electrons. The molecule has 8 heteroatoms. The van der Waals surface area contributed by atoms with Gasteiger partial charge in [-0.3, -0.25) is 9.69 Å². The average molecular weight is 287 g/mol. The van der Waals surface area contributed by atoms with Crippen LogP contribution < -0.4 is 0 Å². The van der Waals surface area contributed by atoms with Gasteiger partial charge in [-0.05, 0) is 6.42 Å². The molecule has 1 aromatic rings. The summed E-state index contributed by atoms with van der Waals surface area (Å²) in [5, 5.41) is 8.95. The van der Waals surface area contributed by atoms with Crippen molar-refractivity contribution in [2.75, 3.05) is 18.1 Å². The van der Waals surface area contributed by atoms with E-state index in [4.69, 9.17) is 5.11 Å². The van der Waals surface area contributed by atoms with Crippen LogP contribution in [0.2, 0.25) is 0 Å². The Kier molecular flexibility index (Phi) is 3.91. The van der Waals surface area contributed by atoms with Crippen LogP contribution >= 0.6 is 0 Å². The number of hydrogen-bond acceptors (Lipinski definition) is 5. The fourth-order valence-electron chi connectivity index (χ4n) is 2.28. The second-order valence-corrected chi connectivity index (χ2v) is 7.04. The molecule has 0 spiro atoms. The minimum atomic E-state index is -3.03. The predicted molar refractivity (Wildman–Crippen MR) is 68.3 cm³/mol. The molecule has 2 heterocycles. The molecule has 0 aromatic carbocycles. The van der Waals surface area contributed by atoms with Gasteiger partial charge in [-0.15, -0.1) is 0 Å². The normalized spacial score (nSPS) is 21.9. The quantitative estimate of drug-likeness (QED) is 0.784. The largest absolute Gasteiger partial charge is 0.480 e. The number of carbonyl (C=O) groups is 1. The number of rotatable bonds is 5. The molecule has 0 saturated carbocycles. The molecule has 1 aromatic heterocycles. The number of nitrogens with zero attached hydrogens (tertiary/aromatic N) is 3. The molecule has 0 bridgehead atoms. The van der Waals surface area contributed by atoms with Gasteiger partial charge in [-0.25, -0.2) is 13.4 Å². The molecule has 1 N–H and O–H groups in total. The first-order valence-corrected chi connectivity index (χ1v) is 7.82. The predicted octanol–water partition coefficient (Wildman–Crippen LogP) is -0.506. The Morgan fingerprint density at radius 1 is 1.63 bits per heavy atom. The van der Waals surface area contributed by atoms with Crippen LogP contribution in [-0.4, -0.2) is 58.0 Å². The summed E-state index contributed by atoms with van der Waals surface area (Å²) in [6.07, 6.45) is 3.90. The zero-order chi connectivity index (χ0) is 14.0. The monoisotopic (exact) mass is 287 g/mol. The first-order chi connectivity index (χ1) is 8.87. The molecule has 2 rings (SSSR count). The minimum Gasteiger partial charge on any atom is -0.480 e. The van der Waals surface area contributed by atoms with Crippen molar-refractivity contribution in [2.45, 2.75) is 19.0 Å². The third-order valence-corrected chi connectivity index (χ3v) is 5.08. The Balaban J connectivity index is 2.12. The third kappa shape index (κ3) is 3.54. The van der Waals surface area contributed by atoms with Crippen molar-refractivity contribution in [3.63, 3.8) is 0 Å². The lowest BCUT2D eigenvalue weighted by atomic mass is 10.2. The second-order valence-electron chi connectivity index (χ2n) is 4.81. The van der Waals surface area contributed by atoms with E-state index in [1.807, 2.05) is 7.05 Å². The van der Waals surface area contributed by atoms with Gasteiger partial charge in [0.1, 0.15) is 5.82 Å². The Hall–Kier alpha value is -1.41. The maximum atomic E-state index is 11.5. The van der Waals surface area contributed by atoms with Crippen LogP contribution in [-0.2, 0) is 28.2 Å². The lowest BCUT2D eigenvalue weighted by molar-refractivity contribution is -0.139. The van der Waals surface area contributed by atoms with Gasteiger partial charge in [-0.1, -0.05) is 0 Å². The molecule has 0 aliphatic carbocycles. The number of aromatic nitrogens is 2. The molecule has 106 valence electrons. The Labute approximate surface area is 111 Å². The second kappa shape index (κ2) is 5.30. The molecule has 1 aliphatic heterocycles. The summed E-state index contributed by atoms with van der Waals surface area (Å²) in [7, 11) is -1.20. The molecule has 1 unspecified atom stereocenters. The smallest absolute Gasteiger partial charge is 0.317 e. The summed E-state index contributed by atoms with van der Waals surface area (Å²) in [5.74, 6) is -0.0666. The van der Waals surface area contributed by atoms with Crippen molar-refractivity contribution >= 4 is 15.8 Å². The number of carboxylic acids is 1. The maximum Gasteiger partial charge on any atom is 0.317 e. The van der Waals surface area contributed by atoms with Gasteiger partial charge in [0.2, 0.25) is 0 Å². The summed E-state index contributed by atoms with van der Waals surface area (Å²) < 4.78 is 24.8. The van der Waals surface area contributed by atoms with Gasteiger partial charge in [0.25, 0.3) is 0 Å². The first kappa shape index (κ1) is 14.0. The lowest BCUT2D eigenvalue weighted by Gasteiger charge is -2.25. The summed E-state index contributed by atoms with van der Waals surface area (Å²) in [6.45, 7) is 0.170. The third-order valence-electron chi connectivity index (χ3n) is 3.33. The van der Waals surface area contributed by atoms with Crippen molar-refractivity contribution in [1.29, 1.82) is 0 Å². The van der Waals surface area contributed by atoms with Crippen LogP contribution in [0.3, 0.4) is 0 Å². The zero-order valence-electron chi connectivity index (χ0n) is 10.7. The van der Waals surface area contributed by atoms with Gasteiger partial charge in [0.15, 0.2) is 9.84 Å². The average Bonchev–Trinajstić information content (AvgIpc) is 2.84. The van der Waals surface area contributed by atoms with Crippen molar-refractivity contribution < 1.29 is 18.3 Å². The Bertz CT molecular complexity index is 566. The highest BCUT2D eigenvalue weighted by Crippen LogP contribution is 2.19. The van der Waals surface area contributed by atoms with E-state index in [1.165, 1.54) is 0 Å².